The van der Waals surface area contributed by atoms with Gasteiger partial charge in [0.05, 0.1) is 11.1 Å². The number of nitriles is 2. The molecular formula is C20H22F2N2O3Si. The molecule has 148 valence electrons. The lowest BCUT2D eigenvalue weighted by molar-refractivity contribution is 0.0197. The van der Waals surface area contributed by atoms with E-state index in [1.165, 1.54) is 30.3 Å². The number of hydrogen-bond acceptors (Lipinski definition) is 5. The molecule has 0 atom stereocenters. The quantitative estimate of drug-likeness (QED) is 0.425. The molecule has 0 saturated carbocycles. The van der Waals surface area contributed by atoms with Gasteiger partial charge in [0.2, 0.25) is 0 Å². The van der Waals surface area contributed by atoms with Crippen molar-refractivity contribution in [2.45, 2.75) is 25.7 Å². The van der Waals surface area contributed by atoms with Crippen LogP contribution in [0.4, 0.5) is 8.78 Å². The lowest BCUT2D eigenvalue weighted by Gasteiger charge is -2.15. The molecule has 0 saturated heterocycles. The zero-order valence-corrected chi connectivity index (χ0v) is 17.0. The fourth-order valence-electron chi connectivity index (χ4n) is 1.86. The zero-order valence-electron chi connectivity index (χ0n) is 16.0. The Balaban J connectivity index is 0.000000330. The SMILES string of the molecule is C[Si](C)(C)CCOCOc1cccc(C#N)c1F.N#Cc1cccc(O)c1F. The van der Waals surface area contributed by atoms with E-state index in [0.717, 1.165) is 6.04 Å². The van der Waals surface area contributed by atoms with Crippen molar-refractivity contribution < 1.29 is 23.4 Å². The van der Waals surface area contributed by atoms with Crippen molar-refractivity contribution in [3.8, 4) is 23.6 Å². The van der Waals surface area contributed by atoms with Crippen LogP contribution in [0.5, 0.6) is 11.5 Å². The van der Waals surface area contributed by atoms with Crippen molar-refractivity contribution in [3.63, 3.8) is 0 Å². The number of nitrogens with zero attached hydrogens (tertiary/aromatic N) is 2. The number of aromatic hydroxyl groups is 1. The number of phenolic OH excluding ortho intramolecular Hbond substituents is 1. The highest BCUT2D eigenvalue weighted by Gasteiger charge is 2.12. The van der Waals surface area contributed by atoms with Crippen LogP contribution in [0.15, 0.2) is 36.4 Å². The van der Waals surface area contributed by atoms with E-state index in [1.807, 2.05) is 0 Å². The van der Waals surface area contributed by atoms with Gasteiger partial charge in [-0.3, -0.25) is 0 Å². The number of halogens is 2. The summed E-state index contributed by atoms with van der Waals surface area (Å²) >= 11 is 0. The summed E-state index contributed by atoms with van der Waals surface area (Å²) in [7, 11) is -1.11. The first-order chi connectivity index (χ1) is 13.2. The Bertz CT molecular complexity index is 871. The molecule has 0 aliphatic heterocycles. The maximum atomic E-state index is 13.6. The van der Waals surface area contributed by atoms with Crippen LogP contribution in [0.3, 0.4) is 0 Å². The second-order valence-corrected chi connectivity index (χ2v) is 12.6. The molecule has 0 fully saturated rings. The molecule has 0 aliphatic carbocycles. The topological polar surface area (TPSA) is 86.3 Å². The lowest BCUT2D eigenvalue weighted by atomic mass is 10.2. The van der Waals surface area contributed by atoms with Gasteiger partial charge >= 0.3 is 0 Å². The van der Waals surface area contributed by atoms with E-state index >= 15 is 0 Å². The molecule has 28 heavy (non-hydrogen) atoms. The van der Waals surface area contributed by atoms with Gasteiger partial charge in [0.15, 0.2) is 29.9 Å². The van der Waals surface area contributed by atoms with Gasteiger partial charge in [0, 0.05) is 14.7 Å². The molecule has 0 aliphatic rings. The van der Waals surface area contributed by atoms with Crippen molar-refractivity contribution in [1.82, 2.24) is 0 Å². The van der Waals surface area contributed by atoms with Gasteiger partial charge < -0.3 is 14.6 Å². The molecule has 2 rings (SSSR count). The largest absolute Gasteiger partial charge is 0.505 e. The molecule has 0 spiro atoms. The summed E-state index contributed by atoms with van der Waals surface area (Å²) in [6.07, 6.45) is 0. The van der Waals surface area contributed by atoms with Crippen molar-refractivity contribution in [2.75, 3.05) is 13.4 Å². The number of rotatable bonds is 6. The standard InChI is InChI=1S/C13H18FNO2Si.C7H4FNO/c1-18(2,3)8-7-16-10-17-12-6-4-5-11(9-15)13(12)14;8-7-5(4-9)2-1-3-6(7)10/h4-6H,7-8,10H2,1-3H3;1-3,10H. The van der Waals surface area contributed by atoms with Crippen molar-refractivity contribution in [1.29, 1.82) is 10.5 Å². The maximum Gasteiger partial charge on any atom is 0.189 e. The molecule has 1 N–H and O–H groups in total. The Morgan fingerprint density at radius 2 is 1.54 bits per heavy atom. The number of phenols is 1. The average molecular weight is 404 g/mol. The number of hydrogen-bond donors (Lipinski definition) is 1. The summed E-state index contributed by atoms with van der Waals surface area (Å²) in [5.74, 6) is -1.92. The van der Waals surface area contributed by atoms with Gasteiger partial charge in [-0.2, -0.15) is 10.5 Å². The first-order valence-corrected chi connectivity index (χ1v) is 12.2. The van der Waals surface area contributed by atoms with E-state index in [1.54, 1.807) is 18.2 Å². The van der Waals surface area contributed by atoms with Crippen LogP contribution >= 0.6 is 0 Å². The first-order valence-electron chi connectivity index (χ1n) is 8.46. The molecule has 0 aromatic heterocycles. The minimum absolute atomic E-state index is 0.0102. The molecule has 0 radical (unpaired) electrons. The summed E-state index contributed by atoms with van der Waals surface area (Å²) in [6.45, 7) is 7.40. The van der Waals surface area contributed by atoms with E-state index in [4.69, 9.17) is 25.1 Å². The van der Waals surface area contributed by atoms with Crippen molar-refractivity contribution in [3.05, 3.63) is 59.2 Å². The van der Waals surface area contributed by atoms with E-state index in [-0.39, 0.29) is 23.7 Å². The normalized spacial score (nSPS) is 10.2. The summed E-state index contributed by atoms with van der Waals surface area (Å²) in [4.78, 5) is 0. The Labute approximate surface area is 164 Å². The predicted molar refractivity (Wildman–Crippen MR) is 103 cm³/mol. The molecular weight excluding hydrogens is 382 g/mol. The van der Waals surface area contributed by atoms with Gasteiger partial charge in [-0.15, -0.1) is 0 Å². The number of benzene rings is 2. The Morgan fingerprint density at radius 3 is 2.07 bits per heavy atom. The van der Waals surface area contributed by atoms with Crippen LogP contribution in [0, 0.1) is 34.3 Å². The Morgan fingerprint density at radius 1 is 0.964 bits per heavy atom. The highest BCUT2D eigenvalue weighted by molar-refractivity contribution is 6.76. The van der Waals surface area contributed by atoms with Crippen LogP contribution in [0.25, 0.3) is 0 Å². The van der Waals surface area contributed by atoms with Gasteiger partial charge in [-0.05, 0) is 30.3 Å². The van der Waals surface area contributed by atoms with Gasteiger partial charge in [-0.1, -0.05) is 31.8 Å². The number of ether oxygens (including phenoxy) is 2. The van der Waals surface area contributed by atoms with Gasteiger partial charge in [0.25, 0.3) is 0 Å². The van der Waals surface area contributed by atoms with Crippen LogP contribution < -0.4 is 4.74 Å². The van der Waals surface area contributed by atoms with Crippen LogP contribution in [-0.2, 0) is 4.74 Å². The fraction of sp³-hybridized carbons (Fsp3) is 0.300. The second kappa shape index (κ2) is 11.0. The smallest absolute Gasteiger partial charge is 0.189 e. The molecule has 0 unspecified atom stereocenters. The van der Waals surface area contributed by atoms with Crippen LogP contribution in [0.1, 0.15) is 11.1 Å². The third kappa shape index (κ3) is 7.75. The van der Waals surface area contributed by atoms with Gasteiger partial charge in [-0.25, -0.2) is 8.78 Å². The van der Waals surface area contributed by atoms with E-state index in [0.29, 0.717) is 6.61 Å². The Kier molecular flexibility index (Phi) is 9.10. The summed E-state index contributed by atoms with van der Waals surface area (Å²) in [5.41, 5.74) is -0.158. The summed E-state index contributed by atoms with van der Waals surface area (Å²) < 4.78 is 36.6. The highest BCUT2D eigenvalue weighted by atomic mass is 28.3. The summed E-state index contributed by atoms with van der Waals surface area (Å²) in [5, 5.41) is 25.6. The van der Waals surface area contributed by atoms with E-state index in [2.05, 4.69) is 19.6 Å². The minimum atomic E-state index is -1.11. The van der Waals surface area contributed by atoms with Crippen molar-refractivity contribution >= 4 is 8.07 Å². The van der Waals surface area contributed by atoms with E-state index < -0.39 is 25.5 Å². The van der Waals surface area contributed by atoms with Crippen molar-refractivity contribution in [2.24, 2.45) is 0 Å². The molecule has 2 aromatic rings. The minimum Gasteiger partial charge on any atom is -0.505 e. The third-order valence-electron chi connectivity index (χ3n) is 3.48. The van der Waals surface area contributed by atoms with Gasteiger partial charge in [0.1, 0.15) is 12.1 Å². The average Bonchev–Trinajstić information content (AvgIpc) is 2.64. The fourth-order valence-corrected chi connectivity index (χ4v) is 2.61. The first kappa shape index (κ1) is 23.1. The maximum absolute atomic E-state index is 13.6. The lowest BCUT2D eigenvalue weighted by Crippen LogP contribution is -2.22. The molecule has 8 heteroatoms. The molecule has 5 nitrogen and oxygen atoms in total. The molecule has 0 amide bonds. The molecule has 2 aromatic carbocycles. The third-order valence-corrected chi connectivity index (χ3v) is 5.18. The molecule has 0 bridgehead atoms. The van der Waals surface area contributed by atoms with Crippen LogP contribution in [-0.4, -0.2) is 26.6 Å². The monoisotopic (exact) mass is 404 g/mol. The van der Waals surface area contributed by atoms with E-state index in [9.17, 15) is 8.78 Å². The zero-order chi connectivity index (χ0) is 21.2. The molecule has 0 heterocycles. The summed E-state index contributed by atoms with van der Waals surface area (Å²) in [6, 6.07) is 12.8. The highest BCUT2D eigenvalue weighted by Crippen LogP contribution is 2.20. The predicted octanol–water partition coefficient (Wildman–Crippen LogP) is 4.79. The second-order valence-electron chi connectivity index (χ2n) is 6.96. The Hall–Kier alpha value is -2.94. The van der Waals surface area contributed by atoms with Crippen LogP contribution in [0.2, 0.25) is 25.7 Å².